The van der Waals surface area contributed by atoms with Gasteiger partial charge in [-0.15, -0.1) is 0 Å². The second kappa shape index (κ2) is 5.32. The van der Waals surface area contributed by atoms with E-state index in [4.69, 9.17) is 5.90 Å². The second-order valence-corrected chi connectivity index (χ2v) is 5.32. The molecular formula is C13H21NO2. The van der Waals surface area contributed by atoms with Crippen LogP contribution < -0.4 is 5.90 Å². The molecule has 0 saturated heterocycles. The molecule has 1 aromatic carbocycles. The molecule has 0 amide bonds. The van der Waals surface area contributed by atoms with Crippen molar-refractivity contribution in [2.24, 2.45) is 11.3 Å². The molecule has 0 aliphatic heterocycles. The van der Waals surface area contributed by atoms with Crippen molar-refractivity contribution in [3.8, 4) is 5.75 Å². The first-order valence-electron chi connectivity index (χ1n) is 5.55. The Morgan fingerprint density at radius 2 is 2.00 bits per heavy atom. The Morgan fingerprint density at radius 3 is 2.56 bits per heavy atom. The minimum atomic E-state index is 0.249. The highest BCUT2D eigenvalue weighted by atomic mass is 16.6. The largest absolute Gasteiger partial charge is 0.508 e. The Balaban J connectivity index is 2.81. The summed E-state index contributed by atoms with van der Waals surface area (Å²) in [6.45, 7) is 7.01. The van der Waals surface area contributed by atoms with Gasteiger partial charge in [0, 0.05) is 6.42 Å². The number of benzene rings is 1. The maximum Gasteiger partial charge on any atom is 0.118 e. The predicted molar refractivity (Wildman–Crippen MR) is 65.1 cm³/mol. The number of hydrogen-bond acceptors (Lipinski definition) is 3. The highest BCUT2D eigenvalue weighted by Crippen LogP contribution is 2.25. The molecule has 0 unspecified atom stereocenters. The molecule has 1 rings (SSSR count). The summed E-state index contributed by atoms with van der Waals surface area (Å²) in [7, 11) is 0. The average Bonchev–Trinajstić information content (AvgIpc) is 2.17. The van der Waals surface area contributed by atoms with Crippen LogP contribution in [0.4, 0.5) is 0 Å². The fraction of sp³-hybridized carbons (Fsp3) is 0.538. The Morgan fingerprint density at radius 1 is 1.31 bits per heavy atom. The van der Waals surface area contributed by atoms with Gasteiger partial charge in [-0.05, 0) is 29.0 Å². The molecule has 0 heterocycles. The Hall–Kier alpha value is -1.06. The van der Waals surface area contributed by atoms with E-state index in [9.17, 15) is 5.11 Å². The van der Waals surface area contributed by atoms with Gasteiger partial charge in [0.25, 0.3) is 0 Å². The summed E-state index contributed by atoms with van der Waals surface area (Å²) >= 11 is 0. The van der Waals surface area contributed by atoms with Gasteiger partial charge in [0.15, 0.2) is 0 Å². The van der Waals surface area contributed by atoms with E-state index < -0.39 is 0 Å². The van der Waals surface area contributed by atoms with Gasteiger partial charge in [-0.25, -0.2) is 5.90 Å². The number of rotatable bonds is 4. The van der Waals surface area contributed by atoms with Gasteiger partial charge < -0.3 is 9.94 Å². The molecule has 0 aliphatic carbocycles. The molecule has 0 atom stereocenters. The average molecular weight is 223 g/mol. The van der Waals surface area contributed by atoms with Gasteiger partial charge >= 0.3 is 0 Å². The van der Waals surface area contributed by atoms with Crippen molar-refractivity contribution in [1.82, 2.24) is 0 Å². The van der Waals surface area contributed by atoms with Crippen LogP contribution in [0.2, 0.25) is 0 Å². The standard InChI is InChI=1S/C13H21NO2/c1-13(2,3)9-10-4-5-12(15)11(8-10)6-7-16-14/h4-5,8,15H,6-7,9,14H2,1-3H3. The molecule has 90 valence electrons. The molecule has 0 radical (unpaired) electrons. The molecular weight excluding hydrogens is 202 g/mol. The van der Waals surface area contributed by atoms with Gasteiger partial charge in [0.05, 0.1) is 6.61 Å². The quantitative estimate of drug-likeness (QED) is 0.771. The Labute approximate surface area is 97.2 Å². The highest BCUT2D eigenvalue weighted by Gasteiger charge is 2.12. The maximum atomic E-state index is 9.66. The molecule has 0 fully saturated rings. The third-order valence-electron chi connectivity index (χ3n) is 2.37. The number of phenols is 1. The van der Waals surface area contributed by atoms with E-state index in [1.54, 1.807) is 6.07 Å². The molecule has 0 aliphatic rings. The fourth-order valence-corrected chi connectivity index (χ4v) is 1.73. The Bertz CT molecular complexity index is 342. The van der Waals surface area contributed by atoms with Crippen molar-refractivity contribution >= 4 is 0 Å². The second-order valence-electron chi connectivity index (χ2n) is 5.32. The SMILES string of the molecule is CC(C)(C)Cc1ccc(O)c(CCON)c1. The molecule has 3 nitrogen and oxygen atoms in total. The summed E-state index contributed by atoms with van der Waals surface area (Å²) < 4.78 is 0. The highest BCUT2D eigenvalue weighted by molar-refractivity contribution is 5.36. The van der Waals surface area contributed by atoms with Crippen molar-refractivity contribution in [1.29, 1.82) is 0 Å². The zero-order valence-electron chi connectivity index (χ0n) is 10.3. The lowest BCUT2D eigenvalue weighted by atomic mass is 9.87. The van der Waals surface area contributed by atoms with Gasteiger partial charge in [0.2, 0.25) is 0 Å². The van der Waals surface area contributed by atoms with Crippen LogP contribution >= 0.6 is 0 Å². The van der Waals surface area contributed by atoms with E-state index in [2.05, 4.69) is 25.6 Å². The minimum Gasteiger partial charge on any atom is -0.508 e. The van der Waals surface area contributed by atoms with Gasteiger partial charge in [0.1, 0.15) is 5.75 Å². The Kier molecular flexibility index (Phi) is 4.33. The zero-order chi connectivity index (χ0) is 12.2. The van der Waals surface area contributed by atoms with Gasteiger partial charge in [-0.3, -0.25) is 0 Å². The van der Waals surface area contributed by atoms with Crippen LogP contribution in [0.1, 0.15) is 31.9 Å². The molecule has 0 saturated carbocycles. The van der Waals surface area contributed by atoms with Crippen LogP contribution in [-0.4, -0.2) is 11.7 Å². The first kappa shape index (κ1) is 13.0. The molecule has 1 aromatic rings. The van der Waals surface area contributed by atoms with Gasteiger partial charge in [-0.1, -0.05) is 32.9 Å². The van der Waals surface area contributed by atoms with Crippen LogP contribution in [0.5, 0.6) is 5.75 Å². The molecule has 0 spiro atoms. The summed E-state index contributed by atoms with van der Waals surface area (Å²) in [5.74, 6) is 5.30. The molecule has 16 heavy (non-hydrogen) atoms. The van der Waals surface area contributed by atoms with Gasteiger partial charge in [-0.2, -0.15) is 0 Å². The van der Waals surface area contributed by atoms with Crippen molar-refractivity contribution in [3.63, 3.8) is 0 Å². The number of nitrogens with two attached hydrogens (primary N) is 1. The first-order chi connectivity index (χ1) is 7.42. The number of phenolic OH excluding ortho intramolecular Hbond substituents is 1. The van der Waals surface area contributed by atoms with E-state index in [0.717, 1.165) is 12.0 Å². The van der Waals surface area contributed by atoms with E-state index in [1.165, 1.54) is 5.56 Å². The third kappa shape index (κ3) is 4.21. The third-order valence-corrected chi connectivity index (χ3v) is 2.37. The fourth-order valence-electron chi connectivity index (χ4n) is 1.73. The number of aromatic hydroxyl groups is 1. The topological polar surface area (TPSA) is 55.5 Å². The lowest BCUT2D eigenvalue weighted by Crippen LogP contribution is -2.10. The molecule has 0 bridgehead atoms. The summed E-state index contributed by atoms with van der Waals surface area (Å²) in [6.07, 6.45) is 1.63. The molecule has 3 N–H and O–H groups in total. The monoisotopic (exact) mass is 223 g/mol. The number of hydrogen-bond donors (Lipinski definition) is 2. The van der Waals surface area contributed by atoms with Crippen molar-refractivity contribution in [2.75, 3.05) is 6.61 Å². The van der Waals surface area contributed by atoms with Crippen molar-refractivity contribution < 1.29 is 9.94 Å². The first-order valence-corrected chi connectivity index (χ1v) is 5.55. The van der Waals surface area contributed by atoms with Crippen molar-refractivity contribution in [3.05, 3.63) is 29.3 Å². The molecule has 0 aromatic heterocycles. The van der Waals surface area contributed by atoms with Crippen molar-refractivity contribution in [2.45, 2.75) is 33.6 Å². The lowest BCUT2D eigenvalue weighted by Gasteiger charge is -2.18. The van der Waals surface area contributed by atoms with E-state index >= 15 is 0 Å². The van der Waals surface area contributed by atoms with Crippen LogP contribution in [0.25, 0.3) is 0 Å². The van der Waals surface area contributed by atoms with E-state index in [-0.39, 0.29) is 5.41 Å². The summed E-state index contributed by atoms with van der Waals surface area (Å²) in [5, 5.41) is 9.66. The predicted octanol–water partition coefficient (Wildman–Crippen LogP) is 2.41. The smallest absolute Gasteiger partial charge is 0.118 e. The zero-order valence-corrected chi connectivity index (χ0v) is 10.3. The van der Waals surface area contributed by atoms with Crippen LogP contribution in [0.3, 0.4) is 0 Å². The van der Waals surface area contributed by atoms with Crippen LogP contribution in [0.15, 0.2) is 18.2 Å². The summed E-state index contributed by atoms with van der Waals surface area (Å²) in [5.41, 5.74) is 2.38. The maximum absolute atomic E-state index is 9.66. The van der Waals surface area contributed by atoms with E-state index in [0.29, 0.717) is 18.8 Å². The van der Waals surface area contributed by atoms with E-state index in [1.807, 2.05) is 12.1 Å². The lowest BCUT2D eigenvalue weighted by molar-refractivity contribution is 0.140. The minimum absolute atomic E-state index is 0.249. The molecule has 3 heteroatoms. The normalized spacial score (nSPS) is 11.8. The summed E-state index contributed by atoms with van der Waals surface area (Å²) in [6, 6.07) is 5.74. The van der Waals surface area contributed by atoms with Crippen LogP contribution in [0, 0.1) is 5.41 Å². The van der Waals surface area contributed by atoms with Crippen LogP contribution in [-0.2, 0) is 17.7 Å². The summed E-state index contributed by atoms with van der Waals surface area (Å²) in [4.78, 5) is 4.53.